The van der Waals surface area contributed by atoms with Gasteiger partial charge in [-0.15, -0.1) is 0 Å². The van der Waals surface area contributed by atoms with Crippen molar-refractivity contribution in [1.82, 2.24) is 0 Å². The summed E-state index contributed by atoms with van der Waals surface area (Å²) in [5.74, 6) is -0.980. The van der Waals surface area contributed by atoms with E-state index in [1.807, 2.05) is 0 Å². The molecule has 0 spiro atoms. The Morgan fingerprint density at radius 1 is 1.08 bits per heavy atom. The van der Waals surface area contributed by atoms with E-state index in [2.05, 4.69) is 5.32 Å². The first-order valence-electron chi connectivity index (χ1n) is 3.24. The maximum atomic E-state index is 11.0. The molecule has 1 N–H and O–H groups in total. The van der Waals surface area contributed by atoms with Crippen molar-refractivity contribution < 1.29 is 51.3 Å². The van der Waals surface area contributed by atoms with Crippen molar-refractivity contribution in [3.8, 4) is 0 Å². The molecule has 0 saturated heterocycles. The van der Waals surface area contributed by atoms with Gasteiger partial charge in [-0.05, 0) is 12.1 Å². The van der Waals surface area contributed by atoms with Gasteiger partial charge in [-0.2, -0.15) is 0 Å². The zero-order chi connectivity index (χ0) is 7.84. The third-order valence-corrected chi connectivity index (χ3v) is 1.63. The predicted molar refractivity (Wildman–Crippen MR) is 39.4 cm³/mol. The van der Waals surface area contributed by atoms with Crippen LogP contribution in [0.5, 0.6) is 0 Å². The van der Waals surface area contributed by atoms with E-state index in [1.165, 1.54) is 0 Å². The summed E-state index contributed by atoms with van der Waals surface area (Å²) in [4.78, 5) is 21.8. The number of para-hydroxylation sites is 1. The molecular formula is C8H5CeNO2. The second-order valence-corrected chi connectivity index (χ2v) is 2.33. The van der Waals surface area contributed by atoms with Gasteiger partial charge in [0, 0.05) is 41.7 Å². The summed E-state index contributed by atoms with van der Waals surface area (Å²) in [6.07, 6.45) is 0. The van der Waals surface area contributed by atoms with Gasteiger partial charge < -0.3 is 5.32 Å². The van der Waals surface area contributed by atoms with E-state index in [-0.39, 0.29) is 41.7 Å². The normalized spacial score (nSPS) is 13.3. The Hall–Kier alpha value is -0.263. The molecule has 0 bridgehead atoms. The average molecular weight is 287 g/mol. The first-order chi connectivity index (χ1) is 5.29. The maximum Gasteiger partial charge on any atom is 0.296 e. The molecule has 2 rings (SSSR count). The van der Waals surface area contributed by atoms with Crippen LogP contribution in [0, 0.1) is 41.7 Å². The number of rotatable bonds is 0. The number of fused-ring (bicyclic) bond motifs is 1. The first-order valence-corrected chi connectivity index (χ1v) is 3.24. The van der Waals surface area contributed by atoms with Crippen LogP contribution in [0.2, 0.25) is 0 Å². The Morgan fingerprint density at radius 3 is 2.42 bits per heavy atom. The number of benzene rings is 1. The SMILES string of the molecule is O=C1Nc2ccccc2C1=O.[Ce]. The number of carbonyl (C=O) groups excluding carboxylic acids is 2. The fourth-order valence-electron chi connectivity index (χ4n) is 1.09. The third kappa shape index (κ3) is 1.44. The van der Waals surface area contributed by atoms with Crippen LogP contribution in [-0.2, 0) is 4.79 Å². The molecule has 12 heavy (non-hydrogen) atoms. The van der Waals surface area contributed by atoms with Crippen molar-refractivity contribution in [3.05, 3.63) is 29.8 Å². The van der Waals surface area contributed by atoms with E-state index >= 15 is 0 Å². The quantitative estimate of drug-likeness (QED) is 0.718. The van der Waals surface area contributed by atoms with Gasteiger partial charge in [-0.25, -0.2) is 0 Å². The largest absolute Gasteiger partial charge is 0.318 e. The van der Waals surface area contributed by atoms with Gasteiger partial charge in [0.1, 0.15) is 0 Å². The molecule has 0 radical (unpaired) electrons. The van der Waals surface area contributed by atoms with Gasteiger partial charge in [0.05, 0.1) is 11.3 Å². The van der Waals surface area contributed by atoms with Crippen molar-refractivity contribution in [2.75, 3.05) is 5.32 Å². The summed E-state index contributed by atoms with van der Waals surface area (Å²) in [6.45, 7) is 0. The van der Waals surface area contributed by atoms with Crippen molar-refractivity contribution in [1.29, 1.82) is 0 Å². The summed E-state index contributed by atoms with van der Waals surface area (Å²) >= 11 is 0. The maximum absolute atomic E-state index is 11.0. The third-order valence-electron chi connectivity index (χ3n) is 1.63. The molecule has 0 unspecified atom stereocenters. The van der Waals surface area contributed by atoms with Crippen LogP contribution < -0.4 is 5.32 Å². The van der Waals surface area contributed by atoms with Crippen LogP contribution in [0.1, 0.15) is 10.4 Å². The summed E-state index contributed by atoms with van der Waals surface area (Å²) in [6, 6.07) is 6.85. The van der Waals surface area contributed by atoms with Gasteiger partial charge in [-0.3, -0.25) is 9.59 Å². The van der Waals surface area contributed by atoms with Crippen LogP contribution in [0.25, 0.3) is 0 Å². The van der Waals surface area contributed by atoms with Crippen LogP contribution in [-0.4, -0.2) is 11.7 Å². The monoisotopic (exact) mass is 287 g/mol. The smallest absolute Gasteiger partial charge is 0.296 e. The topological polar surface area (TPSA) is 46.2 Å². The molecule has 0 atom stereocenters. The molecule has 1 aromatic rings. The number of anilines is 1. The van der Waals surface area contributed by atoms with E-state index in [1.54, 1.807) is 24.3 Å². The van der Waals surface area contributed by atoms with Crippen molar-refractivity contribution >= 4 is 17.4 Å². The van der Waals surface area contributed by atoms with Gasteiger partial charge in [0.15, 0.2) is 0 Å². The van der Waals surface area contributed by atoms with E-state index in [0.29, 0.717) is 11.3 Å². The summed E-state index contributed by atoms with van der Waals surface area (Å²) < 4.78 is 0. The Kier molecular flexibility index (Phi) is 2.97. The van der Waals surface area contributed by atoms with Crippen LogP contribution in [0.3, 0.4) is 0 Å². The molecule has 0 aliphatic carbocycles. The fraction of sp³-hybridized carbons (Fsp3) is 0. The average Bonchev–Trinajstić information content (AvgIpc) is 2.30. The Labute approximate surface area is 103 Å². The van der Waals surface area contributed by atoms with Crippen molar-refractivity contribution in [3.63, 3.8) is 0 Å². The first kappa shape index (κ1) is 9.82. The molecule has 0 aromatic heterocycles. The van der Waals surface area contributed by atoms with Gasteiger partial charge in [0.2, 0.25) is 0 Å². The molecule has 0 saturated carbocycles. The second-order valence-electron chi connectivity index (χ2n) is 2.33. The minimum Gasteiger partial charge on any atom is -0.318 e. The van der Waals surface area contributed by atoms with Crippen molar-refractivity contribution in [2.45, 2.75) is 0 Å². The van der Waals surface area contributed by atoms with Crippen LogP contribution in [0.15, 0.2) is 24.3 Å². The number of hydrogen-bond donors (Lipinski definition) is 1. The number of amides is 1. The van der Waals surface area contributed by atoms with Crippen molar-refractivity contribution in [2.24, 2.45) is 0 Å². The molecule has 1 amide bonds. The van der Waals surface area contributed by atoms with E-state index in [4.69, 9.17) is 0 Å². The molecule has 0 fully saturated rings. The number of Topliss-reactive ketones (excluding diaryl/α,β-unsaturated/α-hetero) is 1. The van der Waals surface area contributed by atoms with Gasteiger partial charge >= 0.3 is 0 Å². The summed E-state index contributed by atoms with van der Waals surface area (Å²) in [5.41, 5.74) is 1.08. The van der Waals surface area contributed by atoms with E-state index < -0.39 is 11.7 Å². The molecule has 1 aliphatic rings. The molecule has 58 valence electrons. The standard InChI is InChI=1S/C8H5NO2.Ce/c10-7-5-3-1-2-4-6(5)9-8(7)11;/h1-4H,(H,9,10,11);. The molecule has 1 aromatic carbocycles. The molecule has 3 nitrogen and oxygen atoms in total. The Balaban J connectivity index is 0.000000720. The summed E-state index contributed by atoms with van der Waals surface area (Å²) in [7, 11) is 0. The van der Waals surface area contributed by atoms with Gasteiger partial charge in [-0.1, -0.05) is 12.1 Å². The zero-order valence-corrected chi connectivity index (χ0v) is 9.27. The minimum absolute atomic E-state index is 0. The number of hydrogen-bond acceptors (Lipinski definition) is 2. The molecule has 4 heteroatoms. The zero-order valence-electron chi connectivity index (χ0n) is 6.13. The Bertz CT molecular complexity index is 349. The van der Waals surface area contributed by atoms with Gasteiger partial charge in [0.25, 0.3) is 11.7 Å². The minimum atomic E-state index is -0.536. The van der Waals surface area contributed by atoms with E-state index in [0.717, 1.165) is 0 Å². The van der Waals surface area contributed by atoms with Crippen LogP contribution in [0.4, 0.5) is 5.69 Å². The summed E-state index contributed by atoms with van der Waals surface area (Å²) in [5, 5.41) is 2.46. The second kappa shape index (κ2) is 3.63. The molecule has 1 aliphatic heterocycles. The molecule has 1 heterocycles. The van der Waals surface area contributed by atoms with Crippen LogP contribution >= 0.6 is 0 Å². The number of carbonyl (C=O) groups is 2. The fourth-order valence-corrected chi connectivity index (χ4v) is 1.09. The Morgan fingerprint density at radius 2 is 1.75 bits per heavy atom. The number of ketones is 1. The molecular weight excluding hydrogens is 282 g/mol. The number of nitrogens with one attached hydrogen (secondary N) is 1. The van der Waals surface area contributed by atoms with E-state index in [9.17, 15) is 9.59 Å². The predicted octanol–water partition coefficient (Wildman–Crippen LogP) is 0.821.